The van der Waals surface area contributed by atoms with E-state index in [-0.39, 0.29) is 12.5 Å². The first-order valence-electron chi connectivity index (χ1n) is 11.4. The predicted molar refractivity (Wildman–Crippen MR) is 141 cm³/mol. The molecule has 178 valence electrons. The molecule has 1 heterocycles. The highest BCUT2D eigenvalue weighted by atomic mass is 32.1. The van der Waals surface area contributed by atoms with E-state index in [1.807, 2.05) is 30.3 Å². The number of amides is 1. The van der Waals surface area contributed by atoms with Crippen LogP contribution in [-0.4, -0.2) is 47.0 Å². The van der Waals surface area contributed by atoms with Crippen molar-refractivity contribution < 1.29 is 14.7 Å². The van der Waals surface area contributed by atoms with E-state index in [4.69, 9.17) is 10.1 Å². The van der Waals surface area contributed by atoms with Crippen molar-refractivity contribution in [3.05, 3.63) is 95.4 Å². The molecule has 1 amide bonds. The zero-order valence-corrected chi connectivity index (χ0v) is 20.5. The maximum Gasteiger partial charge on any atom is 0.323 e. The highest BCUT2D eigenvalue weighted by Gasteiger charge is 2.15. The van der Waals surface area contributed by atoms with Crippen LogP contribution in [0.4, 0.5) is 5.13 Å². The molecule has 35 heavy (non-hydrogen) atoms. The minimum atomic E-state index is -1.04. The van der Waals surface area contributed by atoms with Gasteiger partial charge >= 0.3 is 5.97 Å². The number of nitrogens with zero attached hydrogens (tertiary/aromatic N) is 3. The fraction of sp³-hybridized carbons (Fsp3) is 0.179. The van der Waals surface area contributed by atoms with E-state index in [0.717, 1.165) is 28.5 Å². The number of carboxylic acid groups (broad SMARTS) is 1. The minimum Gasteiger partial charge on any atom is -0.480 e. The van der Waals surface area contributed by atoms with Crippen molar-refractivity contribution in [2.75, 3.05) is 25.0 Å². The molecule has 0 radical (unpaired) electrons. The number of benzene rings is 3. The lowest BCUT2D eigenvalue weighted by Gasteiger charge is -2.20. The molecule has 0 fully saturated rings. The predicted octanol–water partition coefficient (Wildman–Crippen LogP) is 5.66. The van der Waals surface area contributed by atoms with Crippen molar-refractivity contribution in [2.24, 2.45) is 0 Å². The number of aromatic nitrogens is 1. The number of aliphatic carboxylic acids is 1. The van der Waals surface area contributed by atoms with Gasteiger partial charge in [0.15, 0.2) is 5.13 Å². The third-order valence-corrected chi connectivity index (χ3v) is 6.63. The second-order valence-corrected chi connectivity index (χ2v) is 9.06. The van der Waals surface area contributed by atoms with Crippen LogP contribution in [0.25, 0.3) is 22.4 Å². The van der Waals surface area contributed by atoms with Crippen molar-refractivity contribution in [1.29, 1.82) is 0 Å². The van der Waals surface area contributed by atoms with Gasteiger partial charge in [-0.3, -0.25) is 9.59 Å². The SMILES string of the molecule is CCN(Cc1ccc(C(=O)N(C)CC(=O)O)cc1)c1nc(-c2ccc(-c3ccccc3)cc2)cs1. The van der Waals surface area contributed by atoms with Crippen LogP contribution in [0.1, 0.15) is 22.8 Å². The lowest BCUT2D eigenvalue weighted by atomic mass is 10.0. The van der Waals surface area contributed by atoms with Crippen molar-refractivity contribution in [3.63, 3.8) is 0 Å². The van der Waals surface area contributed by atoms with Gasteiger partial charge in [-0.2, -0.15) is 0 Å². The van der Waals surface area contributed by atoms with E-state index in [1.165, 1.54) is 23.1 Å². The van der Waals surface area contributed by atoms with E-state index < -0.39 is 5.97 Å². The van der Waals surface area contributed by atoms with Gasteiger partial charge < -0.3 is 14.9 Å². The van der Waals surface area contributed by atoms with Gasteiger partial charge in [-0.15, -0.1) is 11.3 Å². The summed E-state index contributed by atoms with van der Waals surface area (Å²) in [7, 11) is 1.48. The van der Waals surface area contributed by atoms with Crippen LogP contribution < -0.4 is 4.90 Å². The van der Waals surface area contributed by atoms with Gasteiger partial charge in [-0.25, -0.2) is 4.98 Å². The van der Waals surface area contributed by atoms with Crippen molar-refractivity contribution in [3.8, 4) is 22.4 Å². The number of carbonyl (C=O) groups excluding carboxylic acids is 1. The number of anilines is 1. The van der Waals surface area contributed by atoms with E-state index >= 15 is 0 Å². The Labute approximate surface area is 209 Å². The molecule has 6 nitrogen and oxygen atoms in total. The summed E-state index contributed by atoms with van der Waals surface area (Å²) in [5.74, 6) is -1.35. The Bertz CT molecular complexity index is 1290. The molecular formula is C28H27N3O3S. The third kappa shape index (κ3) is 5.94. The summed E-state index contributed by atoms with van der Waals surface area (Å²) in [6, 6.07) is 26.1. The van der Waals surface area contributed by atoms with E-state index in [0.29, 0.717) is 12.1 Å². The molecule has 1 aromatic heterocycles. The van der Waals surface area contributed by atoms with Gasteiger partial charge in [0.1, 0.15) is 6.54 Å². The Kier molecular flexibility index (Phi) is 7.57. The normalized spacial score (nSPS) is 10.7. The summed E-state index contributed by atoms with van der Waals surface area (Å²) in [5, 5.41) is 11.9. The highest BCUT2D eigenvalue weighted by molar-refractivity contribution is 7.14. The van der Waals surface area contributed by atoms with Gasteiger partial charge in [0, 0.05) is 36.6 Å². The maximum absolute atomic E-state index is 12.4. The van der Waals surface area contributed by atoms with Crippen LogP contribution in [0.2, 0.25) is 0 Å². The molecule has 0 bridgehead atoms. The minimum absolute atomic E-state index is 0.311. The molecule has 3 aromatic carbocycles. The summed E-state index contributed by atoms with van der Waals surface area (Å²) in [6.07, 6.45) is 0. The summed E-state index contributed by atoms with van der Waals surface area (Å²) in [4.78, 5) is 31.5. The molecule has 0 unspecified atom stereocenters. The van der Waals surface area contributed by atoms with Gasteiger partial charge in [0.2, 0.25) is 0 Å². The fourth-order valence-corrected chi connectivity index (χ4v) is 4.69. The van der Waals surface area contributed by atoms with Gasteiger partial charge in [-0.05, 0) is 35.7 Å². The Hall–Kier alpha value is -3.97. The molecular weight excluding hydrogens is 458 g/mol. The second-order valence-electron chi connectivity index (χ2n) is 8.22. The lowest BCUT2D eigenvalue weighted by molar-refractivity contribution is -0.137. The highest BCUT2D eigenvalue weighted by Crippen LogP contribution is 2.30. The molecule has 0 aliphatic rings. The Morgan fingerprint density at radius 1 is 0.886 bits per heavy atom. The summed E-state index contributed by atoms with van der Waals surface area (Å²) in [5.41, 5.74) is 5.92. The van der Waals surface area contributed by atoms with Crippen molar-refractivity contribution in [1.82, 2.24) is 9.88 Å². The number of hydrogen-bond acceptors (Lipinski definition) is 5. The average Bonchev–Trinajstić information content (AvgIpc) is 3.37. The molecule has 1 N–H and O–H groups in total. The summed E-state index contributed by atoms with van der Waals surface area (Å²) < 4.78 is 0. The van der Waals surface area contributed by atoms with Gasteiger partial charge in [0.05, 0.1) is 5.69 Å². The Morgan fingerprint density at radius 2 is 1.51 bits per heavy atom. The standard InChI is InChI=1S/C28H27N3O3S/c1-3-31(17-20-9-11-24(12-10-20)27(34)30(2)18-26(32)33)28-29-25(19-35-28)23-15-13-22(14-16-23)21-7-5-4-6-8-21/h4-16,19H,3,17-18H2,1-2H3,(H,32,33). The molecule has 0 saturated heterocycles. The first kappa shape index (κ1) is 24.2. The maximum atomic E-state index is 12.4. The second kappa shape index (κ2) is 11.0. The summed E-state index contributed by atoms with van der Waals surface area (Å²) in [6.45, 7) is 3.22. The smallest absolute Gasteiger partial charge is 0.323 e. The monoisotopic (exact) mass is 485 g/mol. The van der Waals surface area contributed by atoms with E-state index in [9.17, 15) is 9.59 Å². The molecule has 0 aliphatic carbocycles. The lowest BCUT2D eigenvalue weighted by Crippen LogP contribution is -2.31. The van der Waals surface area contributed by atoms with Crippen LogP contribution >= 0.6 is 11.3 Å². The van der Waals surface area contributed by atoms with Crippen LogP contribution in [0, 0.1) is 0 Å². The Balaban J connectivity index is 1.43. The zero-order valence-electron chi connectivity index (χ0n) is 19.7. The number of rotatable bonds is 9. The first-order chi connectivity index (χ1) is 16.9. The molecule has 0 atom stereocenters. The van der Waals surface area contributed by atoms with E-state index in [1.54, 1.807) is 23.5 Å². The molecule has 7 heteroatoms. The topological polar surface area (TPSA) is 73.7 Å². The number of thiazole rings is 1. The molecule has 4 aromatic rings. The van der Waals surface area contributed by atoms with Crippen molar-refractivity contribution >= 4 is 28.3 Å². The van der Waals surface area contributed by atoms with Gasteiger partial charge in [-0.1, -0.05) is 66.7 Å². The van der Waals surface area contributed by atoms with Crippen molar-refractivity contribution in [2.45, 2.75) is 13.5 Å². The zero-order chi connectivity index (χ0) is 24.8. The molecule has 0 spiro atoms. The Morgan fingerprint density at radius 3 is 2.14 bits per heavy atom. The van der Waals surface area contributed by atoms with Crippen LogP contribution in [-0.2, 0) is 11.3 Å². The molecule has 4 rings (SSSR count). The quantitative estimate of drug-likeness (QED) is 0.331. The molecule has 0 saturated carbocycles. The van der Waals surface area contributed by atoms with Crippen LogP contribution in [0.3, 0.4) is 0 Å². The number of carbonyl (C=O) groups is 2. The number of likely N-dealkylation sites (N-methyl/N-ethyl adjacent to an activating group) is 1. The average molecular weight is 486 g/mol. The third-order valence-electron chi connectivity index (χ3n) is 5.73. The molecule has 0 aliphatic heterocycles. The fourth-order valence-electron chi connectivity index (χ4n) is 3.79. The number of hydrogen-bond donors (Lipinski definition) is 1. The first-order valence-corrected chi connectivity index (χ1v) is 12.2. The largest absolute Gasteiger partial charge is 0.480 e. The van der Waals surface area contributed by atoms with Crippen LogP contribution in [0.5, 0.6) is 0 Å². The van der Waals surface area contributed by atoms with Gasteiger partial charge in [0.25, 0.3) is 5.91 Å². The number of carboxylic acids is 1. The van der Waals surface area contributed by atoms with Crippen LogP contribution in [0.15, 0.2) is 84.2 Å². The summed E-state index contributed by atoms with van der Waals surface area (Å²) >= 11 is 1.61. The van der Waals surface area contributed by atoms with E-state index in [2.05, 4.69) is 53.6 Å².